The fourth-order valence-electron chi connectivity index (χ4n) is 6.72. The number of hydrogen-bond acceptors (Lipinski definition) is 7. The minimum absolute atomic E-state index is 0.146. The molecular formula is C31H27NO6. The zero-order valence-electron chi connectivity index (χ0n) is 21.6. The molecule has 192 valence electrons. The Bertz CT molecular complexity index is 1480. The summed E-state index contributed by atoms with van der Waals surface area (Å²) < 4.78 is 16.8. The van der Waals surface area contributed by atoms with E-state index in [1.54, 1.807) is 36.4 Å². The lowest BCUT2D eigenvalue weighted by atomic mass is 9.64. The van der Waals surface area contributed by atoms with E-state index in [2.05, 4.69) is 0 Å². The SMILES string of the molecule is COc1cc(C2C(C(C)=O)N3c4ccccc4C=CC3C23C(=O)c2ccccc2C3=O)cc(OC)c1OC. The lowest BCUT2D eigenvalue weighted by molar-refractivity contribution is -0.118. The molecule has 3 aromatic carbocycles. The second-order valence-electron chi connectivity index (χ2n) is 9.83. The first-order valence-corrected chi connectivity index (χ1v) is 12.4. The Hall–Kier alpha value is -4.39. The van der Waals surface area contributed by atoms with Crippen molar-refractivity contribution >= 4 is 29.1 Å². The van der Waals surface area contributed by atoms with Crippen LogP contribution in [0.15, 0.2) is 66.7 Å². The van der Waals surface area contributed by atoms with Crippen LogP contribution in [0.25, 0.3) is 6.08 Å². The highest BCUT2D eigenvalue weighted by Gasteiger charge is 2.71. The molecule has 3 unspecified atom stereocenters. The van der Waals surface area contributed by atoms with Crippen molar-refractivity contribution in [3.05, 3.63) is 89.0 Å². The van der Waals surface area contributed by atoms with Gasteiger partial charge in [-0.1, -0.05) is 54.6 Å². The monoisotopic (exact) mass is 509 g/mol. The third-order valence-electron chi connectivity index (χ3n) is 8.18. The predicted molar refractivity (Wildman–Crippen MR) is 143 cm³/mol. The number of methoxy groups -OCH3 is 3. The number of hydrogen-bond donors (Lipinski definition) is 0. The number of benzene rings is 3. The number of ether oxygens (including phenoxy) is 3. The average molecular weight is 510 g/mol. The minimum atomic E-state index is -1.56. The second kappa shape index (κ2) is 8.58. The van der Waals surface area contributed by atoms with Crippen molar-refractivity contribution in [1.29, 1.82) is 0 Å². The summed E-state index contributed by atoms with van der Waals surface area (Å²) in [6, 6.07) is 16.7. The summed E-state index contributed by atoms with van der Waals surface area (Å²) in [6.45, 7) is 1.52. The van der Waals surface area contributed by atoms with Gasteiger partial charge in [-0.05, 0) is 36.2 Å². The van der Waals surface area contributed by atoms with Gasteiger partial charge >= 0.3 is 0 Å². The molecule has 7 nitrogen and oxygen atoms in total. The fraction of sp³-hybridized carbons (Fsp3) is 0.258. The molecule has 2 heterocycles. The van der Waals surface area contributed by atoms with Crippen LogP contribution in [-0.4, -0.2) is 50.8 Å². The molecule has 0 radical (unpaired) electrons. The molecule has 2 aliphatic heterocycles. The second-order valence-corrected chi connectivity index (χ2v) is 9.83. The first kappa shape index (κ1) is 24.0. The van der Waals surface area contributed by atoms with Crippen LogP contribution in [0.5, 0.6) is 17.2 Å². The van der Waals surface area contributed by atoms with Crippen molar-refractivity contribution in [3.8, 4) is 17.2 Å². The fourth-order valence-corrected chi connectivity index (χ4v) is 6.72. The number of carbonyl (C=O) groups is 3. The van der Waals surface area contributed by atoms with Gasteiger partial charge in [0.1, 0.15) is 5.41 Å². The van der Waals surface area contributed by atoms with Crippen LogP contribution >= 0.6 is 0 Å². The summed E-state index contributed by atoms with van der Waals surface area (Å²) in [7, 11) is 4.54. The highest BCUT2D eigenvalue weighted by Crippen LogP contribution is 2.61. The molecule has 0 aromatic heterocycles. The average Bonchev–Trinajstić information content (AvgIpc) is 3.38. The van der Waals surface area contributed by atoms with Gasteiger partial charge in [0.2, 0.25) is 5.75 Å². The maximum absolute atomic E-state index is 14.5. The highest BCUT2D eigenvalue weighted by molar-refractivity contribution is 6.32. The summed E-state index contributed by atoms with van der Waals surface area (Å²) in [5.74, 6) is -0.361. The van der Waals surface area contributed by atoms with E-state index >= 15 is 0 Å². The van der Waals surface area contributed by atoms with Gasteiger partial charge in [0.25, 0.3) is 0 Å². The third-order valence-corrected chi connectivity index (χ3v) is 8.18. The van der Waals surface area contributed by atoms with Crippen molar-refractivity contribution in [2.45, 2.75) is 24.9 Å². The maximum atomic E-state index is 14.5. The standard InChI is InChI=1S/C31H27NO6/c1-17(33)27-26(19-15-23(36-2)28(38-4)24(16-19)37-3)31(29(34)20-10-6-7-11-21(20)30(31)35)25-14-13-18-9-5-8-12-22(18)32(25)27/h5-16,25-27H,1-4H3. The number of para-hydroxylation sites is 1. The third kappa shape index (κ3) is 2.93. The molecule has 1 saturated heterocycles. The zero-order valence-corrected chi connectivity index (χ0v) is 21.6. The number of ketones is 3. The minimum Gasteiger partial charge on any atom is -0.493 e. The molecule has 0 saturated carbocycles. The van der Waals surface area contributed by atoms with Gasteiger partial charge in [0.05, 0.1) is 33.4 Å². The maximum Gasteiger partial charge on any atom is 0.203 e. The summed E-state index contributed by atoms with van der Waals surface area (Å²) in [5, 5.41) is 0. The van der Waals surface area contributed by atoms with E-state index in [-0.39, 0.29) is 17.3 Å². The molecule has 3 aliphatic rings. The molecular weight excluding hydrogens is 482 g/mol. The summed E-state index contributed by atoms with van der Waals surface area (Å²) in [4.78, 5) is 44.5. The van der Waals surface area contributed by atoms with Crippen molar-refractivity contribution in [2.24, 2.45) is 5.41 Å². The molecule has 38 heavy (non-hydrogen) atoms. The predicted octanol–water partition coefficient (Wildman–Crippen LogP) is 4.73. The zero-order chi connectivity index (χ0) is 26.8. The van der Waals surface area contributed by atoms with Gasteiger partial charge in [-0.25, -0.2) is 0 Å². The molecule has 7 heteroatoms. The van der Waals surface area contributed by atoms with Gasteiger partial charge in [-0.2, -0.15) is 0 Å². The Labute approximate surface area is 220 Å². The quantitative estimate of drug-likeness (QED) is 0.460. The highest BCUT2D eigenvalue weighted by atomic mass is 16.5. The van der Waals surface area contributed by atoms with Crippen molar-refractivity contribution in [3.63, 3.8) is 0 Å². The molecule has 3 aromatic rings. The first-order chi connectivity index (χ1) is 18.4. The number of Topliss-reactive ketones (excluding diaryl/α,β-unsaturated/α-hetero) is 3. The normalized spacial score (nSPS) is 22.2. The summed E-state index contributed by atoms with van der Waals surface area (Å²) >= 11 is 0. The van der Waals surface area contributed by atoms with E-state index in [4.69, 9.17) is 14.2 Å². The van der Waals surface area contributed by atoms with E-state index in [1.807, 2.05) is 41.3 Å². The Balaban J connectivity index is 1.70. The Kier molecular flexibility index (Phi) is 5.42. The van der Waals surface area contributed by atoms with Gasteiger partial charge in [0, 0.05) is 22.7 Å². The summed E-state index contributed by atoms with van der Waals surface area (Å²) in [5.41, 5.74) is 1.53. The van der Waals surface area contributed by atoms with Gasteiger partial charge in [-0.15, -0.1) is 0 Å². The van der Waals surface area contributed by atoms with Crippen LogP contribution in [-0.2, 0) is 4.79 Å². The smallest absolute Gasteiger partial charge is 0.203 e. The molecule has 1 aliphatic carbocycles. The number of fused-ring (bicyclic) bond motifs is 5. The Morgan fingerprint density at radius 3 is 1.97 bits per heavy atom. The molecule has 1 spiro atoms. The first-order valence-electron chi connectivity index (χ1n) is 12.4. The van der Waals surface area contributed by atoms with Crippen LogP contribution in [0.4, 0.5) is 5.69 Å². The molecule has 3 atom stereocenters. The largest absolute Gasteiger partial charge is 0.493 e. The summed E-state index contributed by atoms with van der Waals surface area (Å²) in [6.07, 6.45) is 3.84. The van der Waals surface area contributed by atoms with Gasteiger partial charge in [-0.3, -0.25) is 14.4 Å². The van der Waals surface area contributed by atoms with E-state index < -0.39 is 23.4 Å². The van der Waals surface area contributed by atoms with E-state index in [1.165, 1.54) is 28.3 Å². The van der Waals surface area contributed by atoms with Crippen molar-refractivity contribution in [1.82, 2.24) is 0 Å². The van der Waals surface area contributed by atoms with E-state index in [0.29, 0.717) is 33.9 Å². The number of nitrogens with zero attached hydrogens (tertiary/aromatic N) is 1. The number of carbonyl (C=O) groups excluding carboxylic acids is 3. The van der Waals surface area contributed by atoms with Crippen LogP contribution in [0, 0.1) is 5.41 Å². The van der Waals surface area contributed by atoms with Crippen LogP contribution in [0.2, 0.25) is 0 Å². The van der Waals surface area contributed by atoms with Crippen LogP contribution < -0.4 is 19.1 Å². The topological polar surface area (TPSA) is 82.1 Å². The van der Waals surface area contributed by atoms with Crippen molar-refractivity contribution < 1.29 is 28.6 Å². The number of rotatable bonds is 5. The Morgan fingerprint density at radius 2 is 1.42 bits per heavy atom. The molecule has 1 fully saturated rings. The van der Waals surface area contributed by atoms with E-state index in [9.17, 15) is 14.4 Å². The Morgan fingerprint density at radius 1 is 0.842 bits per heavy atom. The van der Waals surface area contributed by atoms with Crippen molar-refractivity contribution in [2.75, 3.05) is 26.2 Å². The molecule has 0 bridgehead atoms. The molecule has 6 rings (SSSR count). The van der Waals surface area contributed by atoms with Gasteiger partial charge in [0.15, 0.2) is 28.8 Å². The lowest BCUT2D eigenvalue weighted by Crippen LogP contribution is -2.48. The van der Waals surface area contributed by atoms with Crippen LogP contribution in [0.1, 0.15) is 44.7 Å². The van der Waals surface area contributed by atoms with E-state index in [0.717, 1.165) is 11.3 Å². The number of anilines is 1. The van der Waals surface area contributed by atoms with Crippen LogP contribution in [0.3, 0.4) is 0 Å². The molecule has 0 amide bonds. The molecule has 0 N–H and O–H groups in total. The lowest BCUT2D eigenvalue weighted by Gasteiger charge is -2.37. The van der Waals surface area contributed by atoms with Gasteiger partial charge < -0.3 is 19.1 Å².